The molecule has 0 aromatic heterocycles. The van der Waals surface area contributed by atoms with Gasteiger partial charge < -0.3 is 10.1 Å². The zero-order valence-electron chi connectivity index (χ0n) is 9.09. The van der Waals surface area contributed by atoms with Gasteiger partial charge in [-0.05, 0) is 25.1 Å². The van der Waals surface area contributed by atoms with Crippen LogP contribution in [0.3, 0.4) is 0 Å². The molecule has 1 atom stereocenters. The van der Waals surface area contributed by atoms with E-state index in [1.165, 1.54) is 0 Å². The third-order valence-corrected chi connectivity index (χ3v) is 2.49. The van der Waals surface area contributed by atoms with Gasteiger partial charge in [0.2, 0.25) is 5.91 Å². The van der Waals surface area contributed by atoms with E-state index in [0.717, 1.165) is 5.56 Å². The van der Waals surface area contributed by atoms with Crippen LogP contribution in [0.2, 0.25) is 5.02 Å². The minimum absolute atomic E-state index is 0.219. The lowest BCUT2D eigenvalue weighted by molar-refractivity contribution is -0.120. The van der Waals surface area contributed by atoms with Gasteiger partial charge in [0, 0.05) is 17.1 Å². The molecule has 3 nitrogen and oxygen atoms in total. The highest BCUT2D eigenvalue weighted by Gasteiger charge is 2.10. The van der Waals surface area contributed by atoms with Gasteiger partial charge in [-0.2, -0.15) is 0 Å². The van der Waals surface area contributed by atoms with E-state index in [1.807, 2.05) is 0 Å². The van der Waals surface area contributed by atoms with Crippen LogP contribution in [0, 0.1) is 0 Å². The SMILES string of the molecule is COc1ccc(Cl)cc1CNC(=O)C(C)Cl. The molecule has 1 N–H and O–H groups in total. The number of rotatable bonds is 4. The van der Waals surface area contributed by atoms with Gasteiger partial charge in [-0.1, -0.05) is 11.6 Å². The van der Waals surface area contributed by atoms with Gasteiger partial charge in [-0.15, -0.1) is 11.6 Å². The molecule has 0 radical (unpaired) electrons. The Hall–Kier alpha value is -0.930. The van der Waals surface area contributed by atoms with Crippen LogP contribution in [0.4, 0.5) is 0 Å². The summed E-state index contributed by atoms with van der Waals surface area (Å²) >= 11 is 11.5. The summed E-state index contributed by atoms with van der Waals surface area (Å²) in [4.78, 5) is 11.3. The van der Waals surface area contributed by atoms with Crippen molar-refractivity contribution < 1.29 is 9.53 Å². The van der Waals surface area contributed by atoms with E-state index in [9.17, 15) is 4.79 Å². The number of halogens is 2. The first-order chi connectivity index (χ1) is 7.54. The van der Waals surface area contributed by atoms with Crippen LogP contribution in [0.15, 0.2) is 18.2 Å². The Morgan fingerprint density at radius 1 is 1.56 bits per heavy atom. The average molecular weight is 262 g/mol. The molecular weight excluding hydrogens is 249 g/mol. The number of ether oxygens (including phenoxy) is 1. The summed E-state index contributed by atoms with van der Waals surface area (Å²) in [7, 11) is 1.57. The first-order valence-electron chi connectivity index (χ1n) is 4.78. The van der Waals surface area contributed by atoms with Crippen LogP contribution in [-0.2, 0) is 11.3 Å². The van der Waals surface area contributed by atoms with E-state index in [4.69, 9.17) is 27.9 Å². The van der Waals surface area contributed by atoms with Gasteiger partial charge in [-0.3, -0.25) is 4.79 Å². The summed E-state index contributed by atoms with van der Waals surface area (Å²) in [6, 6.07) is 5.24. The summed E-state index contributed by atoms with van der Waals surface area (Å²) in [6.07, 6.45) is 0. The van der Waals surface area contributed by atoms with Crippen LogP contribution >= 0.6 is 23.2 Å². The molecule has 5 heteroatoms. The van der Waals surface area contributed by atoms with Crippen LogP contribution in [0.25, 0.3) is 0 Å². The number of hydrogen-bond acceptors (Lipinski definition) is 2. The molecule has 0 aliphatic carbocycles. The standard InChI is InChI=1S/C11H13Cl2NO2/c1-7(12)11(15)14-6-8-5-9(13)3-4-10(8)16-2/h3-5,7H,6H2,1-2H3,(H,14,15). The fraction of sp³-hybridized carbons (Fsp3) is 0.364. The highest BCUT2D eigenvalue weighted by molar-refractivity contribution is 6.31. The molecular formula is C11H13Cl2NO2. The Kier molecular flexibility index (Phi) is 4.90. The fourth-order valence-electron chi connectivity index (χ4n) is 1.21. The van der Waals surface area contributed by atoms with Crippen LogP contribution in [-0.4, -0.2) is 18.4 Å². The zero-order chi connectivity index (χ0) is 12.1. The lowest BCUT2D eigenvalue weighted by Crippen LogP contribution is -2.29. The van der Waals surface area contributed by atoms with Crippen LogP contribution in [0.5, 0.6) is 5.75 Å². The molecule has 0 bridgehead atoms. The van der Waals surface area contributed by atoms with Crippen molar-refractivity contribution >= 4 is 29.1 Å². The van der Waals surface area contributed by atoms with Crippen molar-refractivity contribution in [3.05, 3.63) is 28.8 Å². The molecule has 16 heavy (non-hydrogen) atoms. The third-order valence-electron chi connectivity index (χ3n) is 2.06. The van der Waals surface area contributed by atoms with E-state index in [-0.39, 0.29) is 5.91 Å². The lowest BCUT2D eigenvalue weighted by Gasteiger charge is -2.10. The molecule has 0 aliphatic rings. The summed E-state index contributed by atoms with van der Waals surface area (Å²) < 4.78 is 5.15. The molecule has 0 spiro atoms. The second-order valence-corrected chi connectivity index (χ2v) is 4.38. The van der Waals surface area contributed by atoms with Gasteiger partial charge >= 0.3 is 0 Å². The number of methoxy groups -OCH3 is 1. The second-order valence-electron chi connectivity index (χ2n) is 3.29. The Labute approximate surface area is 105 Å². The van der Waals surface area contributed by atoms with Gasteiger partial charge in [0.05, 0.1) is 7.11 Å². The highest BCUT2D eigenvalue weighted by Crippen LogP contribution is 2.22. The number of carbonyl (C=O) groups is 1. The van der Waals surface area contributed by atoms with Gasteiger partial charge in [0.1, 0.15) is 11.1 Å². The first-order valence-corrected chi connectivity index (χ1v) is 5.60. The zero-order valence-corrected chi connectivity index (χ0v) is 10.6. The molecule has 1 amide bonds. The van der Waals surface area contributed by atoms with Gasteiger partial charge in [-0.25, -0.2) is 0 Å². The number of nitrogens with one attached hydrogen (secondary N) is 1. The van der Waals surface area contributed by atoms with E-state index in [1.54, 1.807) is 32.2 Å². The summed E-state index contributed by atoms with van der Waals surface area (Å²) in [6.45, 7) is 1.96. The molecule has 1 aromatic carbocycles. The van der Waals surface area contributed by atoms with Crippen molar-refractivity contribution in [1.29, 1.82) is 0 Å². The normalized spacial score (nSPS) is 12.0. The lowest BCUT2D eigenvalue weighted by atomic mass is 10.2. The Morgan fingerprint density at radius 2 is 2.25 bits per heavy atom. The number of amides is 1. The van der Waals surface area contributed by atoms with E-state index in [0.29, 0.717) is 17.3 Å². The summed E-state index contributed by atoms with van der Waals surface area (Å²) in [5, 5.41) is 2.74. The summed E-state index contributed by atoms with van der Waals surface area (Å²) in [5.74, 6) is 0.468. The van der Waals surface area contributed by atoms with Crippen molar-refractivity contribution in [1.82, 2.24) is 5.32 Å². The van der Waals surface area contributed by atoms with Crippen LogP contribution < -0.4 is 10.1 Å². The third kappa shape index (κ3) is 3.58. The van der Waals surface area contributed by atoms with Crippen molar-refractivity contribution in [3.63, 3.8) is 0 Å². The molecule has 0 aliphatic heterocycles. The van der Waals surface area contributed by atoms with Crippen molar-refractivity contribution in [2.45, 2.75) is 18.8 Å². The largest absolute Gasteiger partial charge is 0.496 e. The number of carbonyl (C=O) groups excluding carboxylic acids is 1. The predicted molar refractivity (Wildman–Crippen MR) is 65.2 cm³/mol. The smallest absolute Gasteiger partial charge is 0.238 e. The molecule has 1 aromatic rings. The Balaban J connectivity index is 2.72. The topological polar surface area (TPSA) is 38.3 Å². The monoisotopic (exact) mass is 261 g/mol. The van der Waals surface area contributed by atoms with E-state index < -0.39 is 5.38 Å². The minimum Gasteiger partial charge on any atom is -0.496 e. The molecule has 0 heterocycles. The fourth-order valence-corrected chi connectivity index (χ4v) is 1.48. The number of benzene rings is 1. The Morgan fingerprint density at radius 3 is 2.81 bits per heavy atom. The molecule has 88 valence electrons. The predicted octanol–water partition coefficient (Wildman–Crippen LogP) is 2.59. The maximum atomic E-state index is 11.3. The number of hydrogen-bond donors (Lipinski definition) is 1. The first kappa shape index (κ1) is 13.1. The maximum absolute atomic E-state index is 11.3. The summed E-state index contributed by atoms with van der Waals surface area (Å²) in [5.41, 5.74) is 0.820. The van der Waals surface area contributed by atoms with Crippen molar-refractivity contribution in [3.8, 4) is 5.75 Å². The molecule has 1 rings (SSSR count). The average Bonchev–Trinajstić information content (AvgIpc) is 2.25. The Bertz CT molecular complexity index is 380. The van der Waals surface area contributed by atoms with E-state index in [2.05, 4.69) is 5.32 Å². The highest BCUT2D eigenvalue weighted by atomic mass is 35.5. The molecule has 1 unspecified atom stereocenters. The second kappa shape index (κ2) is 5.97. The van der Waals surface area contributed by atoms with Gasteiger partial charge in [0.25, 0.3) is 0 Å². The van der Waals surface area contributed by atoms with E-state index >= 15 is 0 Å². The number of alkyl halides is 1. The quantitative estimate of drug-likeness (QED) is 0.847. The molecule has 0 saturated heterocycles. The van der Waals surface area contributed by atoms with Crippen molar-refractivity contribution in [2.24, 2.45) is 0 Å². The minimum atomic E-state index is -0.551. The van der Waals surface area contributed by atoms with Crippen molar-refractivity contribution in [2.75, 3.05) is 7.11 Å². The molecule has 0 fully saturated rings. The maximum Gasteiger partial charge on any atom is 0.238 e. The van der Waals surface area contributed by atoms with Gasteiger partial charge in [0.15, 0.2) is 0 Å². The van der Waals surface area contributed by atoms with Crippen LogP contribution in [0.1, 0.15) is 12.5 Å². The molecule has 0 saturated carbocycles.